The van der Waals surface area contributed by atoms with Gasteiger partial charge in [0.1, 0.15) is 5.04 Å². The summed E-state index contributed by atoms with van der Waals surface area (Å²) in [5.74, 6) is -2.58. The van der Waals surface area contributed by atoms with Gasteiger partial charge in [-0.3, -0.25) is 9.59 Å². The fourth-order valence-electron chi connectivity index (χ4n) is 1.54. The second-order valence-electron chi connectivity index (χ2n) is 3.38. The highest BCUT2D eigenvalue weighted by Gasteiger charge is 2.63. The Morgan fingerprint density at radius 3 is 1.69 bits per heavy atom. The van der Waals surface area contributed by atoms with Crippen molar-refractivity contribution in [3.63, 3.8) is 0 Å². The molecule has 0 aliphatic rings. The van der Waals surface area contributed by atoms with Gasteiger partial charge in [0, 0.05) is 21.3 Å². The van der Waals surface area contributed by atoms with Crippen LogP contribution in [0.15, 0.2) is 0 Å². The molecule has 2 N–H and O–H groups in total. The first kappa shape index (κ1) is 15.0. The van der Waals surface area contributed by atoms with Gasteiger partial charge in [0.05, 0.1) is 6.42 Å². The summed E-state index contributed by atoms with van der Waals surface area (Å²) in [5, 5.41) is 16.2. The maximum Gasteiger partial charge on any atom is 0.518 e. The lowest BCUT2D eigenvalue weighted by Crippen LogP contribution is -2.57. The minimum atomic E-state index is -3.58. The van der Waals surface area contributed by atoms with Crippen LogP contribution < -0.4 is 0 Å². The van der Waals surface area contributed by atoms with E-state index in [2.05, 4.69) is 0 Å². The average molecular weight is 252 g/mol. The molecule has 0 saturated carbocycles. The second-order valence-corrected chi connectivity index (χ2v) is 6.82. The number of rotatable bonds is 7. The fraction of sp³-hybridized carbons (Fsp3) is 0.750. The van der Waals surface area contributed by atoms with Crippen molar-refractivity contribution in [3.8, 4) is 0 Å². The van der Waals surface area contributed by atoms with Crippen LogP contribution in [0.1, 0.15) is 13.3 Å². The Morgan fingerprint density at radius 2 is 1.50 bits per heavy atom. The van der Waals surface area contributed by atoms with E-state index in [9.17, 15) is 9.59 Å². The number of carboxylic acid groups (broad SMARTS) is 2. The lowest BCUT2D eigenvalue weighted by Gasteiger charge is -2.36. The summed E-state index contributed by atoms with van der Waals surface area (Å²) in [5.41, 5.74) is 0. The molecule has 0 rings (SSSR count). The minimum absolute atomic E-state index is 0.635. The Morgan fingerprint density at radius 1 is 1.12 bits per heavy atom. The summed E-state index contributed by atoms with van der Waals surface area (Å²) < 4.78 is 15.0. The predicted molar refractivity (Wildman–Crippen MR) is 55.0 cm³/mol. The van der Waals surface area contributed by atoms with E-state index in [1.54, 1.807) is 0 Å². The highest BCUT2D eigenvalue weighted by Crippen LogP contribution is 2.42. The van der Waals surface area contributed by atoms with Crippen molar-refractivity contribution in [2.24, 2.45) is 0 Å². The molecule has 0 spiro atoms. The zero-order valence-corrected chi connectivity index (χ0v) is 10.6. The van der Waals surface area contributed by atoms with Crippen molar-refractivity contribution in [3.05, 3.63) is 0 Å². The summed E-state index contributed by atoms with van der Waals surface area (Å²) in [7, 11) is 0.138. The van der Waals surface area contributed by atoms with Crippen molar-refractivity contribution in [1.82, 2.24) is 0 Å². The predicted octanol–water partition coefficient (Wildman–Crippen LogP) is 0.184. The van der Waals surface area contributed by atoms with E-state index < -0.39 is 32.2 Å². The van der Waals surface area contributed by atoms with Crippen LogP contribution in [0.5, 0.6) is 0 Å². The number of carbonyl (C=O) groups is 2. The molecule has 0 fully saturated rings. The molecule has 0 radical (unpaired) electrons. The zero-order chi connectivity index (χ0) is 13.0. The Balaban J connectivity index is 5.45. The molecule has 0 aromatic rings. The number of carboxylic acids is 2. The molecule has 0 aliphatic heterocycles. The van der Waals surface area contributed by atoms with Crippen LogP contribution in [0.25, 0.3) is 0 Å². The lowest BCUT2D eigenvalue weighted by molar-refractivity contribution is -0.149. The molecule has 0 aliphatic carbocycles. The normalized spacial score (nSPS) is 15.5. The van der Waals surface area contributed by atoms with Crippen molar-refractivity contribution < 1.29 is 33.1 Å². The molecule has 1 unspecified atom stereocenters. The van der Waals surface area contributed by atoms with Crippen LogP contribution in [0.2, 0.25) is 5.04 Å². The van der Waals surface area contributed by atoms with Crippen molar-refractivity contribution in [2.45, 2.75) is 18.4 Å². The summed E-state index contributed by atoms with van der Waals surface area (Å²) in [6.45, 7) is 1.24. The van der Waals surface area contributed by atoms with Crippen LogP contribution in [-0.2, 0) is 22.9 Å². The molecule has 0 aromatic heterocycles. The molecule has 0 saturated heterocycles. The SMILES string of the molecule is CO[Si](OC)(OC)C(C)(CC(=O)O)C(=O)O. The van der Waals surface area contributed by atoms with Crippen molar-refractivity contribution in [1.29, 1.82) is 0 Å². The Bertz CT molecular complexity index is 267. The Labute approximate surface area is 94.3 Å². The molecule has 0 heterocycles. The maximum absolute atomic E-state index is 11.2. The topological polar surface area (TPSA) is 102 Å². The van der Waals surface area contributed by atoms with Crippen LogP contribution >= 0.6 is 0 Å². The van der Waals surface area contributed by atoms with E-state index in [-0.39, 0.29) is 0 Å². The van der Waals surface area contributed by atoms with E-state index in [0.29, 0.717) is 0 Å². The van der Waals surface area contributed by atoms with Crippen molar-refractivity contribution in [2.75, 3.05) is 21.3 Å². The van der Waals surface area contributed by atoms with Gasteiger partial charge in [0.2, 0.25) is 0 Å². The Kier molecular flexibility index (Phi) is 5.07. The molecule has 0 aromatic carbocycles. The first-order chi connectivity index (χ1) is 7.29. The van der Waals surface area contributed by atoms with E-state index in [1.165, 1.54) is 28.3 Å². The monoisotopic (exact) mass is 252 g/mol. The van der Waals surface area contributed by atoms with Crippen LogP contribution in [0.3, 0.4) is 0 Å². The highest BCUT2D eigenvalue weighted by atomic mass is 28.4. The molecule has 0 amide bonds. The third-order valence-electron chi connectivity index (χ3n) is 2.46. The summed E-state index contributed by atoms with van der Waals surface area (Å²) in [6.07, 6.45) is -0.635. The first-order valence-electron chi connectivity index (χ1n) is 4.40. The standard InChI is InChI=1S/C8H16O7Si/c1-8(7(11)12,5-6(9)10)16(13-2,14-3)15-4/h5H2,1-4H3,(H,9,10)(H,11,12). The number of hydrogen-bond donors (Lipinski definition) is 2. The summed E-state index contributed by atoms with van der Waals surface area (Å²) >= 11 is 0. The fourth-order valence-corrected chi connectivity index (χ4v) is 4.02. The van der Waals surface area contributed by atoms with Gasteiger partial charge in [-0.1, -0.05) is 0 Å². The molecular formula is C8H16O7Si. The van der Waals surface area contributed by atoms with Gasteiger partial charge in [-0.05, 0) is 6.92 Å². The van der Waals surface area contributed by atoms with E-state index in [1.807, 2.05) is 0 Å². The van der Waals surface area contributed by atoms with E-state index >= 15 is 0 Å². The molecule has 16 heavy (non-hydrogen) atoms. The Hall–Kier alpha value is -0.963. The molecule has 8 heteroatoms. The van der Waals surface area contributed by atoms with Crippen LogP contribution in [0, 0.1) is 0 Å². The number of hydrogen-bond acceptors (Lipinski definition) is 5. The molecule has 7 nitrogen and oxygen atoms in total. The van der Waals surface area contributed by atoms with Gasteiger partial charge >= 0.3 is 20.7 Å². The summed E-state index contributed by atoms with van der Waals surface area (Å²) in [4.78, 5) is 21.9. The zero-order valence-electron chi connectivity index (χ0n) is 9.64. The minimum Gasteiger partial charge on any atom is -0.481 e. The average Bonchev–Trinajstić information content (AvgIpc) is 2.19. The maximum atomic E-state index is 11.2. The van der Waals surface area contributed by atoms with Gasteiger partial charge in [-0.2, -0.15) is 0 Å². The quantitative estimate of drug-likeness (QED) is 0.623. The van der Waals surface area contributed by atoms with Crippen LogP contribution in [0.4, 0.5) is 0 Å². The molecule has 94 valence electrons. The molecule has 0 bridgehead atoms. The van der Waals surface area contributed by atoms with Crippen molar-refractivity contribution >= 4 is 20.7 Å². The molecule has 1 atom stereocenters. The van der Waals surface area contributed by atoms with Gasteiger partial charge in [-0.15, -0.1) is 0 Å². The lowest BCUT2D eigenvalue weighted by atomic mass is 10.1. The third kappa shape index (κ3) is 2.40. The van der Waals surface area contributed by atoms with Crippen LogP contribution in [-0.4, -0.2) is 52.3 Å². The second kappa shape index (κ2) is 5.39. The van der Waals surface area contributed by atoms with E-state index in [0.717, 1.165) is 0 Å². The van der Waals surface area contributed by atoms with Gasteiger partial charge in [0.15, 0.2) is 0 Å². The molecular weight excluding hydrogens is 236 g/mol. The smallest absolute Gasteiger partial charge is 0.481 e. The summed E-state index contributed by atoms with van der Waals surface area (Å²) in [6, 6.07) is 0. The van der Waals surface area contributed by atoms with E-state index in [4.69, 9.17) is 23.5 Å². The third-order valence-corrected chi connectivity index (χ3v) is 5.81. The van der Waals surface area contributed by atoms with Gasteiger partial charge in [-0.25, -0.2) is 0 Å². The van der Waals surface area contributed by atoms with Gasteiger partial charge < -0.3 is 23.5 Å². The van der Waals surface area contributed by atoms with Gasteiger partial charge in [0.25, 0.3) is 0 Å². The largest absolute Gasteiger partial charge is 0.518 e. The highest BCUT2D eigenvalue weighted by molar-refractivity contribution is 6.68. The number of aliphatic carboxylic acids is 2. The first-order valence-corrected chi connectivity index (χ1v) is 6.12.